The molecule has 0 amide bonds. The first kappa shape index (κ1) is 16.3. The summed E-state index contributed by atoms with van der Waals surface area (Å²) in [5.74, 6) is 2.85. The third kappa shape index (κ3) is 3.31. The highest BCUT2D eigenvalue weighted by Gasteiger charge is 2.17. The number of aromatic nitrogens is 5. The molecule has 130 valence electrons. The predicted octanol–water partition coefficient (Wildman–Crippen LogP) is 4.07. The first-order valence-electron chi connectivity index (χ1n) is 7.93. The molecule has 8 heteroatoms. The first-order chi connectivity index (χ1) is 12.8. The van der Waals surface area contributed by atoms with Gasteiger partial charge in [-0.1, -0.05) is 36.0 Å². The highest BCUT2D eigenvalue weighted by molar-refractivity contribution is 7.98. The van der Waals surface area contributed by atoms with Crippen molar-refractivity contribution in [3.8, 4) is 23.0 Å². The van der Waals surface area contributed by atoms with Crippen LogP contribution in [0.1, 0.15) is 5.89 Å². The summed E-state index contributed by atoms with van der Waals surface area (Å²) in [7, 11) is 0. The third-order valence-corrected chi connectivity index (χ3v) is 4.53. The van der Waals surface area contributed by atoms with Gasteiger partial charge in [0.25, 0.3) is 0 Å². The molecule has 0 unspecified atom stereocenters. The SMILES string of the molecule is C=CCn1c(SCc2nnc(-c3ccccc3)o2)nnc1-c1ccco1. The Labute approximate surface area is 153 Å². The maximum atomic E-state index is 5.73. The molecule has 0 saturated heterocycles. The van der Waals surface area contributed by atoms with Crippen LogP contribution in [-0.2, 0) is 12.3 Å². The average molecular weight is 365 g/mol. The van der Waals surface area contributed by atoms with E-state index in [0.29, 0.717) is 35.7 Å². The minimum absolute atomic E-state index is 0.493. The first-order valence-corrected chi connectivity index (χ1v) is 8.92. The summed E-state index contributed by atoms with van der Waals surface area (Å²) in [6.45, 7) is 4.37. The Hall–Kier alpha value is -3.13. The third-order valence-electron chi connectivity index (χ3n) is 3.58. The molecule has 3 heterocycles. The Kier molecular flexibility index (Phi) is 4.65. The summed E-state index contributed by atoms with van der Waals surface area (Å²) in [6, 6.07) is 13.3. The summed E-state index contributed by atoms with van der Waals surface area (Å²) in [6.07, 6.45) is 3.40. The fraction of sp³-hybridized carbons (Fsp3) is 0.111. The molecule has 0 fully saturated rings. The van der Waals surface area contributed by atoms with Crippen molar-refractivity contribution >= 4 is 11.8 Å². The van der Waals surface area contributed by atoms with Crippen LogP contribution in [-0.4, -0.2) is 25.0 Å². The van der Waals surface area contributed by atoms with Gasteiger partial charge in [-0.3, -0.25) is 4.57 Å². The second-order valence-electron chi connectivity index (χ2n) is 5.34. The minimum atomic E-state index is 0.493. The Morgan fingerprint density at radius 3 is 2.69 bits per heavy atom. The van der Waals surface area contributed by atoms with Crippen molar-refractivity contribution in [2.75, 3.05) is 0 Å². The van der Waals surface area contributed by atoms with Gasteiger partial charge in [0.05, 0.1) is 12.0 Å². The standard InChI is InChI=1S/C18H15N5O2S/c1-2-10-23-16(14-9-6-11-24-14)20-22-18(23)26-12-15-19-21-17(25-15)13-7-4-3-5-8-13/h2-9,11H,1,10,12H2. The van der Waals surface area contributed by atoms with Crippen LogP contribution in [0.4, 0.5) is 0 Å². The number of furan rings is 1. The number of benzene rings is 1. The van der Waals surface area contributed by atoms with Gasteiger partial charge in [0, 0.05) is 12.1 Å². The number of thioether (sulfide) groups is 1. The molecular weight excluding hydrogens is 350 g/mol. The summed E-state index contributed by atoms with van der Waals surface area (Å²) in [4.78, 5) is 0. The lowest BCUT2D eigenvalue weighted by molar-refractivity contribution is 0.528. The van der Waals surface area contributed by atoms with Gasteiger partial charge >= 0.3 is 0 Å². The van der Waals surface area contributed by atoms with Gasteiger partial charge in [-0.2, -0.15) is 0 Å². The van der Waals surface area contributed by atoms with Crippen molar-refractivity contribution in [1.29, 1.82) is 0 Å². The van der Waals surface area contributed by atoms with Gasteiger partial charge in [-0.25, -0.2) is 0 Å². The average Bonchev–Trinajstić information content (AvgIpc) is 3.42. The quantitative estimate of drug-likeness (QED) is 0.361. The number of hydrogen-bond donors (Lipinski definition) is 0. The summed E-state index contributed by atoms with van der Waals surface area (Å²) in [5.41, 5.74) is 0.895. The van der Waals surface area contributed by atoms with Crippen molar-refractivity contribution in [3.05, 3.63) is 67.3 Å². The van der Waals surface area contributed by atoms with Crippen LogP contribution < -0.4 is 0 Å². The van der Waals surface area contributed by atoms with E-state index in [1.165, 1.54) is 11.8 Å². The lowest BCUT2D eigenvalue weighted by Crippen LogP contribution is -2.00. The summed E-state index contributed by atoms with van der Waals surface area (Å²) in [5, 5.41) is 17.4. The van der Waals surface area contributed by atoms with E-state index in [9.17, 15) is 0 Å². The molecule has 0 N–H and O–H groups in total. The Morgan fingerprint density at radius 2 is 1.92 bits per heavy atom. The Bertz CT molecular complexity index is 992. The molecule has 4 rings (SSSR count). The van der Waals surface area contributed by atoms with E-state index in [1.54, 1.807) is 12.3 Å². The molecule has 7 nitrogen and oxygen atoms in total. The molecular formula is C18H15N5O2S. The van der Waals surface area contributed by atoms with Crippen LogP contribution in [0.2, 0.25) is 0 Å². The zero-order chi connectivity index (χ0) is 17.8. The molecule has 0 saturated carbocycles. The molecule has 0 atom stereocenters. The van der Waals surface area contributed by atoms with E-state index < -0.39 is 0 Å². The van der Waals surface area contributed by atoms with Gasteiger partial charge in [0.15, 0.2) is 10.9 Å². The minimum Gasteiger partial charge on any atom is -0.461 e. The molecule has 3 aromatic heterocycles. The highest BCUT2D eigenvalue weighted by Crippen LogP contribution is 2.27. The van der Waals surface area contributed by atoms with Gasteiger partial charge in [-0.05, 0) is 24.3 Å². The maximum absolute atomic E-state index is 5.73. The van der Waals surface area contributed by atoms with Crippen LogP contribution in [0.15, 0.2) is 75.4 Å². The summed E-state index contributed by atoms with van der Waals surface area (Å²) < 4.78 is 13.1. The molecule has 0 aliphatic rings. The zero-order valence-electron chi connectivity index (χ0n) is 13.8. The topological polar surface area (TPSA) is 82.8 Å². The predicted molar refractivity (Wildman–Crippen MR) is 97.2 cm³/mol. The van der Waals surface area contributed by atoms with Crippen molar-refractivity contribution in [1.82, 2.24) is 25.0 Å². The van der Waals surface area contributed by atoms with Crippen LogP contribution in [0.25, 0.3) is 23.0 Å². The molecule has 0 radical (unpaired) electrons. The van der Waals surface area contributed by atoms with E-state index in [2.05, 4.69) is 27.0 Å². The molecule has 0 aliphatic carbocycles. The molecule has 4 aromatic rings. The van der Waals surface area contributed by atoms with Crippen LogP contribution in [0, 0.1) is 0 Å². The van der Waals surface area contributed by atoms with E-state index in [0.717, 1.165) is 10.7 Å². The van der Waals surface area contributed by atoms with E-state index in [-0.39, 0.29) is 0 Å². The van der Waals surface area contributed by atoms with E-state index in [4.69, 9.17) is 8.83 Å². The van der Waals surface area contributed by atoms with Gasteiger partial charge < -0.3 is 8.83 Å². The number of hydrogen-bond acceptors (Lipinski definition) is 7. The maximum Gasteiger partial charge on any atom is 0.247 e. The molecule has 0 spiro atoms. The largest absolute Gasteiger partial charge is 0.461 e. The van der Waals surface area contributed by atoms with E-state index >= 15 is 0 Å². The van der Waals surface area contributed by atoms with Crippen molar-refractivity contribution in [2.45, 2.75) is 17.5 Å². The second kappa shape index (κ2) is 7.40. The Balaban J connectivity index is 1.52. The van der Waals surface area contributed by atoms with Crippen molar-refractivity contribution < 1.29 is 8.83 Å². The lowest BCUT2D eigenvalue weighted by atomic mass is 10.2. The normalized spacial score (nSPS) is 10.9. The Morgan fingerprint density at radius 1 is 1.04 bits per heavy atom. The highest BCUT2D eigenvalue weighted by atomic mass is 32.2. The van der Waals surface area contributed by atoms with Crippen molar-refractivity contribution in [3.63, 3.8) is 0 Å². The molecule has 0 bridgehead atoms. The number of allylic oxidation sites excluding steroid dienone is 1. The lowest BCUT2D eigenvalue weighted by Gasteiger charge is -2.04. The van der Waals surface area contributed by atoms with Gasteiger partial charge in [0.1, 0.15) is 0 Å². The fourth-order valence-electron chi connectivity index (χ4n) is 2.41. The zero-order valence-corrected chi connectivity index (χ0v) is 14.6. The van der Waals surface area contributed by atoms with E-state index in [1.807, 2.05) is 47.0 Å². The second-order valence-corrected chi connectivity index (χ2v) is 6.28. The molecule has 26 heavy (non-hydrogen) atoms. The van der Waals surface area contributed by atoms with Crippen molar-refractivity contribution in [2.24, 2.45) is 0 Å². The number of nitrogens with zero attached hydrogens (tertiary/aromatic N) is 5. The van der Waals surface area contributed by atoms with Crippen LogP contribution >= 0.6 is 11.8 Å². The van der Waals surface area contributed by atoms with Crippen LogP contribution in [0.5, 0.6) is 0 Å². The smallest absolute Gasteiger partial charge is 0.247 e. The molecule has 0 aliphatic heterocycles. The number of rotatable bonds is 7. The van der Waals surface area contributed by atoms with Gasteiger partial charge in [-0.15, -0.1) is 27.0 Å². The summed E-state index contributed by atoms with van der Waals surface area (Å²) >= 11 is 1.47. The van der Waals surface area contributed by atoms with Gasteiger partial charge in [0.2, 0.25) is 17.6 Å². The fourth-order valence-corrected chi connectivity index (χ4v) is 3.20. The van der Waals surface area contributed by atoms with Crippen LogP contribution in [0.3, 0.4) is 0 Å². The monoisotopic (exact) mass is 365 g/mol. The molecule has 1 aromatic carbocycles.